The number of hydrogen-bond donors (Lipinski definition) is 3. The molecule has 0 aliphatic carbocycles. The number of carbonyl (C=O) groups excluding carboxylic acids is 2. The van der Waals surface area contributed by atoms with Crippen LogP contribution in [0.15, 0.2) is 0 Å². The fraction of sp³-hybridized carbons (Fsp3) is 0.500. The van der Waals surface area contributed by atoms with Crippen LogP contribution in [0.2, 0.25) is 0 Å². The van der Waals surface area contributed by atoms with E-state index in [1.807, 2.05) is 0 Å². The number of hydrogen-bond acceptors (Lipinski definition) is 3. The Bertz CT molecular complexity index is 159. The van der Waals surface area contributed by atoms with Gasteiger partial charge in [-0.25, -0.2) is 4.79 Å². The number of nitrogens with one attached hydrogen (secondary N) is 2. The van der Waals surface area contributed by atoms with E-state index in [0.717, 1.165) is 0 Å². The van der Waals surface area contributed by atoms with Crippen LogP contribution in [0.25, 0.3) is 0 Å². The van der Waals surface area contributed by atoms with Crippen LogP contribution in [0.1, 0.15) is 0 Å². The molecule has 0 aromatic rings. The Kier molecular flexibility index (Phi) is 1.61. The average Bonchev–Trinajstić information content (AvgIpc) is 1.80. The van der Waals surface area contributed by atoms with Crippen molar-refractivity contribution in [1.82, 2.24) is 10.6 Å². The van der Waals surface area contributed by atoms with E-state index in [4.69, 9.17) is 0 Å². The minimum Gasteiger partial charge on any atom is -0.331 e. The standard InChI is InChI=1S/C4H6N2O2S/c7-2-1-5-4(8)6-3(2)9/h3,9H,1H2,(H2,5,6,8). The predicted octanol–water partition coefficient (Wildman–Crippen LogP) is -0.876. The lowest BCUT2D eigenvalue weighted by Gasteiger charge is -2.17. The first kappa shape index (κ1) is 6.41. The van der Waals surface area contributed by atoms with Crippen molar-refractivity contribution in [2.75, 3.05) is 6.54 Å². The van der Waals surface area contributed by atoms with Gasteiger partial charge in [0.2, 0.25) is 0 Å². The molecule has 0 aromatic heterocycles. The van der Waals surface area contributed by atoms with Crippen LogP contribution in [0.5, 0.6) is 0 Å². The van der Waals surface area contributed by atoms with Crippen LogP contribution in [-0.2, 0) is 4.79 Å². The average molecular weight is 146 g/mol. The van der Waals surface area contributed by atoms with Gasteiger partial charge in [0, 0.05) is 0 Å². The van der Waals surface area contributed by atoms with E-state index < -0.39 is 5.37 Å². The van der Waals surface area contributed by atoms with Crippen LogP contribution in [0.3, 0.4) is 0 Å². The zero-order valence-electron chi connectivity index (χ0n) is 4.55. The molecule has 0 radical (unpaired) electrons. The SMILES string of the molecule is O=C1NCC(=O)C(S)N1. The van der Waals surface area contributed by atoms with Gasteiger partial charge in [-0.2, -0.15) is 0 Å². The van der Waals surface area contributed by atoms with Crippen molar-refractivity contribution in [3.63, 3.8) is 0 Å². The molecule has 50 valence electrons. The molecule has 5 heteroatoms. The molecule has 1 atom stereocenters. The maximum Gasteiger partial charge on any atom is 0.316 e. The first-order valence-corrected chi connectivity index (χ1v) is 2.97. The summed E-state index contributed by atoms with van der Waals surface area (Å²) >= 11 is 3.79. The molecule has 0 aromatic carbocycles. The summed E-state index contributed by atoms with van der Waals surface area (Å²) in [6, 6.07) is -0.338. The van der Waals surface area contributed by atoms with Crippen LogP contribution in [0, 0.1) is 0 Å². The minimum atomic E-state index is -0.626. The number of Topliss-reactive ketones (excluding diaryl/α,β-unsaturated/α-hetero) is 1. The Morgan fingerprint density at radius 2 is 2.22 bits per heavy atom. The summed E-state index contributed by atoms with van der Waals surface area (Å²) in [6.07, 6.45) is 0. The Morgan fingerprint density at radius 1 is 1.56 bits per heavy atom. The molecule has 1 heterocycles. The van der Waals surface area contributed by atoms with Gasteiger partial charge in [-0.3, -0.25) is 4.79 Å². The van der Waals surface area contributed by atoms with Gasteiger partial charge in [0.25, 0.3) is 0 Å². The van der Waals surface area contributed by atoms with Crippen molar-refractivity contribution >= 4 is 24.4 Å². The number of amides is 2. The summed E-state index contributed by atoms with van der Waals surface area (Å²) in [6.45, 7) is 0.0833. The van der Waals surface area contributed by atoms with Crippen LogP contribution in [-0.4, -0.2) is 23.7 Å². The summed E-state index contributed by atoms with van der Waals surface area (Å²) in [5, 5.41) is 3.98. The zero-order valence-corrected chi connectivity index (χ0v) is 5.44. The summed E-state index contributed by atoms with van der Waals surface area (Å²) in [7, 11) is 0. The molecule has 1 aliphatic heterocycles. The van der Waals surface area contributed by atoms with Gasteiger partial charge >= 0.3 is 6.03 Å². The predicted molar refractivity (Wildman–Crippen MR) is 34.3 cm³/mol. The molecule has 1 rings (SSSR count). The van der Waals surface area contributed by atoms with Crippen LogP contribution >= 0.6 is 12.6 Å². The lowest BCUT2D eigenvalue weighted by Crippen LogP contribution is -2.53. The fourth-order valence-electron chi connectivity index (χ4n) is 0.520. The quantitative estimate of drug-likeness (QED) is 0.389. The molecule has 1 saturated heterocycles. The minimum absolute atomic E-state index is 0.0833. The summed E-state index contributed by atoms with van der Waals surface area (Å²) in [5.74, 6) is -0.113. The third-order valence-electron chi connectivity index (χ3n) is 0.996. The van der Waals surface area contributed by atoms with Crippen LogP contribution in [0.4, 0.5) is 4.79 Å². The third-order valence-corrected chi connectivity index (χ3v) is 1.41. The Labute approximate surface area is 57.4 Å². The van der Waals surface area contributed by atoms with Gasteiger partial charge < -0.3 is 10.6 Å². The molecular formula is C4H6N2O2S. The Balaban J connectivity index is 2.54. The summed E-state index contributed by atoms with van der Waals surface area (Å²) in [4.78, 5) is 21.0. The van der Waals surface area contributed by atoms with Gasteiger partial charge in [-0.15, -0.1) is 12.6 Å². The lowest BCUT2D eigenvalue weighted by atomic mass is 10.3. The van der Waals surface area contributed by atoms with Crippen molar-refractivity contribution < 1.29 is 9.59 Å². The van der Waals surface area contributed by atoms with E-state index in [-0.39, 0.29) is 18.4 Å². The van der Waals surface area contributed by atoms with Crippen molar-refractivity contribution in [2.45, 2.75) is 5.37 Å². The van der Waals surface area contributed by atoms with E-state index in [1.54, 1.807) is 0 Å². The number of rotatable bonds is 0. The number of ketones is 1. The van der Waals surface area contributed by atoms with E-state index in [1.165, 1.54) is 0 Å². The van der Waals surface area contributed by atoms with Crippen LogP contribution < -0.4 is 10.6 Å². The highest BCUT2D eigenvalue weighted by atomic mass is 32.1. The smallest absolute Gasteiger partial charge is 0.316 e. The first-order valence-electron chi connectivity index (χ1n) is 2.45. The second kappa shape index (κ2) is 2.26. The monoisotopic (exact) mass is 146 g/mol. The van der Waals surface area contributed by atoms with Crippen molar-refractivity contribution in [2.24, 2.45) is 0 Å². The van der Waals surface area contributed by atoms with Gasteiger partial charge in [-0.1, -0.05) is 0 Å². The molecule has 1 fully saturated rings. The van der Waals surface area contributed by atoms with Gasteiger partial charge in [0.1, 0.15) is 5.37 Å². The van der Waals surface area contributed by atoms with Gasteiger partial charge in [0.15, 0.2) is 5.78 Å². The van der Waals surface area contributed by atoms with Gasteiger partial charge in [-0.05, 0) is 0 Å². The Hall–Kier alpha value is -0.710. The molecular weight excluding hydrogens is 140 g/mol. The molecule has 1 unspecified atom stereocenters. The Morgan fingerprint density at radius 3 is 2.67 bits per heavy atom. The largest absolute Gasteiger partial charge is 0.331 e. The molecule has 0 saturated carbocycles. The summed E-state index contributed by atoms with van der Waals surface area (Å²) in [5.41, 5.74) is 0. The molecule has 1 aliphatic rings. The highest BCUT2D eigenvalue weighted by molar-refractivity contribution is 7.81. The summed E-state index contributed by atoms with van der Waals surface area (Å²) < 4.78 is 0. The molecule has 0 spiro atoms. The maximum atomic E-state index is 10.6. The van der Waals surface area contributed by atoms with E-state index in [9.17, 15) is 9.59 Å². The molecule has 0 bridgehead atoms. The molecule has 4 nitrogen and oxygen atoms in total. The van der Waals surface area contributed by atoms with Crippen molar-refractivity contribution in [3.05, 3.63) is 0 Å². The van der Waals surface area contributed by atoms with E-state index >= 15 is 0 Å². The highest BCUT2D eigenvalue weighted by Crippen LogP contribution is 1.94. The normalized spacial score (nSPS) is 27.0. The molecule has 2 amide bonds. The van der Waals surface area contributed by atoms with Crippen molar-refractivity contribution in [3.8, 4) is 0 Å². The lowest BCUT2D eigenvalue weighted by molar-refractivity contribution is -0.118. The maximum absolute atomic E-state index is 10.6. The molecule has 9 heavy (non-hydrogen) atoms. The number of carbonyl (C=O) groups is 2. The topological polar surface area (TPSA) is 58.2 Å². The molecule has 2 N–H and O–H groups in total. The van der Waals surface area contributed by atoms with Crippen molar-refractivity contribution in [1.29, 1.82) is 0 Å². The second-order valence-corrected chi connectivity index (χ2v) is 2.21. The highest BCUT2D eigenvalue weighted by Gasteiger charge is 2.21. The zero-order chi connectivity index (χ0) is 6.85. The fourth-order valence-corrected chi connectivity index (χ4v) is 0.728. The number of thiol groups is 1. The third kappa shape index (κ3) is 1.35. The van der Waals surface area contributed by atoms with E-state index in [2.05, 4.69) is 23.3 Å². The van der Waals surface area contributed by atoms with E-state index in [0.29, 0.717) is 0 Å². The number of urea groups is 1. The first-order chi connectivity index (χ1) is 4.20. The second-order valence-electron chi connectivity index (χ2n) is 1.70. The van der Waals surface area contributed by atoms with Gasteiger partial charge in [0.05, 0.1) is 6.54 Å².